The van der Waals surface area contributed by atoms with E-state index in [1.54, 1.807) is 6.20 Å². The quantitative estimate of drug-likeness (QED) is 0.251. The average molecular weight is 640 g/mol. The fraction of sp³-hybridized carbons (Fsp3) is 0.342. The number of aromatic nitrogens is 1. The maximum Gasteiger partial charge on any atom is 0.223 e. The minimum atomic E-state index is -1.04. The SMILES string of the molecule is O=c1ccn2c(c1OCc1ccccc1)C(O)N(CC1CCCOCC1)CN2Cc1ccccc1C=C1Cc2cc(F)c(F)cc2C1. The van der Waals surface area contributed by atoms with Crippen molar-refractivity contribution < 1.29 is 23.4 Å². The van der Waals surface area contributed by atoms with Crippen LogP contribution in [0.3, 0.4) is 0 Å². The summed E-state index contributed by atoms with van der Waals surface area (Å²) < 4.78 is 41.6. The Labute approximate surface area is 273 Å². The number of ether oxygens (including phenoxy) is 2. The van der Waals surface area contributed by atoms with Gasteiger partial charge in [-0.15, -0.1) is 0 Å². The van der Waals surface area contributed by atoms with Gasteiger partial charge in [0, 0.05) is 32.0 Å². The summed E-state index contributed by atoms with van der Waals surface area (Å²) in [4.78, 5) is 15.3. The number of pyridine rings is 1. The highest BCUT2D eigenvalue weighted by atomic mass is 19.2. The molecule has 0 amide bonds. The zero-order valence-electron chi connectivity index (χ0n) is 26.3. The minimum absolute atomic E-state index is 0.140. The van der Waals surface area contributed by atoms with E-state index >= 15 is 0 Å². The van der Waals surface area contributed by atoms with Gasteiger partial charge in [0.25, 0.3) is 0 Å². The van der Waals surface area contributed by atoms with Gasteiger partial charge in [-0.3, -0.25) is 19.4 Å². The van der Waals surface area contributed by atoms with E-state index in [0.717, 1.165) is 59.3 Å². The number of benzene rings is 3. The largest absolute Gasteiger partial charge is 0.483 e. The van der Waals surface area contributed by atoms with Crippen LogP contribution in [0.2, 0.25) is 0 Å². The van der Waals surface area contributed by atoms with Gasteiger partial charge < -0.3 is 14.6 Å². The van der Waals surface area contributed by atoms with Crippen molar-refractivity contribution in [1.82, 2.24) is 9.58 Å². The van der Waals surface area contributed by atoms with Crippen molar-refractivity contribution in [2.75, 3.05) is 31.4 Å². The predicted octanol–water partition coefficient (Wildman–Crippen LogP) is 6.11. The van der Waals surface area contributed by atoms with Crippen molar-refractivity contribution >= 4 is 6.08 Å². The molecule has 1 aliphatic carbocycles. The smallest absolute Gasteiger partial charge is 0.223 e. The molecule has 7 nitrogen and oxygen atoms in total. The van der Waals surface area contributed by atoms with Crippen LogP contribution in [0, 0.1) is 17.6 Å². The summed E-state index contributed by atoms with van der Waals surface area (Å²) in [5.41, 5.74) is 5.83. The standard InChI is InChI=1S/C38H39F2N3O4/c39-33-20-31-18-28(19-32(31)21-34(33)40)17-29-10-4-5-11-30(29)23-42-25-41(22-26-9-6-15-46-16-13-26)38(45)36-37(35(44)12-14-43(36)42)47-24-27-7-2-1-3-8-27/h1-5,7-8,10-12,14,17,20-21,26,38,45H,6,9,13,15-16,18-19,22-25H2. The molecule has 9 heteroatoms. The van der Waals surface area contributed by atoms with E-state index in [2.05, 4.69) is 23.2 Å². The number of halogens is 2. The van der Waals surface area contributed by atoms with E-state index in [-0.39, 0.29) is 17.8 Å². The van der Waals surface area contributed by atoms with Crippen LogP contribution in [-0.2, 0) is 30.7 Å². The fourth-order valence-electron chi connectivity index (χ4n) is 7.03. The number of aliphatic hydroxyl groups is 1. The second-order valence-electron chi connectivity index (χ2n) is 12.8. The van der Waals surface area contributed by atoms with E-state index in [1.807, 2.05) is 52.0 Å². The van der Waals surface area contributed by atoms with Crippen LogP contribution in [0.1, 0.15) is 59.0 Å². The minimum Gasteiger partial charge on any atom is -0.483 e. The second kappa shape index (κ2) is 13.8. The molecule has 7 rings (SSSR count). The molecule has 0 radical (unpaired) electrons. The van der Waals surface area contributed by atoms with Gasteiger partial charge in [-0.1, -0.05) is 66.2 Å². The summed E-state index contributed by atoms with van der Waals surface area (Å²) in [5.74, 6) is -1.15. The number of aliphatic hydroxyl groups excluding tert-OH is 1. The number of hydrogen-bond donors (Lipinski definition) is 1. The van der Waals surface area contributed by atoms with Crippen molar-refractivity contribution in [1.29, 1.82) is 0 Å². The van der Waals surface area contributed by atoms with Crippen LogP contribution in [-0.4, -0.2) is 41.1 Å². The van der Waals surface area contributed by atoms with Crippen LogP contribution < -0.4 is 15.2 Å². The van der Waals surface area contributed by atoms with Gasteiger partial charge in [-0.05, 0) is 78.0 Å². The summed E-state index contributed by atoms with van der Waals surface area (Å²) in [5, 5.41) is 14.0. The first-order valence-electron chi connectivity index (χ1n) is 16.3. The van der Waals surface area contributed by atoms with Crippen LogP contribution in [0.15, 0.2) is 89.4 Å². The lowest BCUT2D eigenvalue weighted by Gasteiger charge is -2.44. The number of fused-ring (bicyclic) bond motifs is 2. The van der Waals surface area contributed by atoms with Gasteiger partial charge >= 0.3 is 0 Å². The van der Waals surface area contributed by atoms with E-state index in [1.165, 1.54) is 18.2 Å². The highest BCUT2D eigenvalue weighted by Crippen LogP contribution is 2.34. The third-order valence-electron chi connectivity index (χ3n) is 9.45. The predicted molar refractivity (Wildman–Crippen MR) is 176 cm³/mol. The van der Waals surface area contributed by atoms with Crippen LogP contribution in [0.5, 0.6) is 5.75 Å². The summed E-state index contributed by atoms with van der Waals surface area (Å²) >= 11 is 0. The van der Waals surface area contributed by atoms with Crippen LogP contribution >= 0.6 is 0 Å². The molecule has 0 spiro atoms. The first kappa shape index (κ1) is 31.3. The molecule has 3 heterocycles. The first-order valence-corrected chi connectivity index (χ1v) is 16.3. The zero-order valence-corrected chi connectivity index (χ0v) is 26.3. The molecule has 0 bridgehead atoms. The van der Waals surface area contributed by atoms with Crippen molar-refractivity contribution in [3.63, 3.8) is 0 Å². The van der Waals surface area contributed by atoms with Gasteiger partial charge in [-0.25, -0.2) is 8.78 Å². The molecular formula is C38H39F2N3O4. The van der Waals surface area contributed by atoms with Crippen molar-refractivity contribution in [3.05, 3.63) is 140 Å². The Morgan fingerprint density at radius 2 is 1.68 bits per heavy atom. The van der Waals surface area contributed by atoms with Gasteiger partial charge in [0.05, 0.1) is 13.2 Å². The Hall–Kier alpha value is -4.31. The Kier molecular flexibility index (Phi) is 9.20. The molecule has 244 valence electrons. The van der Waals surface area contributed by atoms with Crippen LogP contribution in [0.25, 0.3) is 6.08 Å². The lowest BCUT2D eigenvalue weighted by atomic mass is 9.99. The monoisotopic (exact) mass is 639 g/mol. The Balaban J connectivity index is 1.21. The normalized spacial score (nSPS) is 19.6. The maximum atomic E-state index is 13.9. The Morgan fingerprint density at radius 3 is 2.47 bits per heavy atom. The molecule has 2 atom stereocenters. The molecule has 2 unspecified atom stereocenters. The summed E-state index contributed by atoms with van der Waals surface area (Å²) in [6.45, 7) is 3.22. The van der Waals surface area contributed by atoms with Crippen molar-refractivity contribution in [2.24, 2.45) is 5.92 Å². The van der Waals surface area contributed by atoms with E-state index in [9.17, 15) is 18.7 Å². The fourth-order valence-corrected chi connectivity index (χ4v) is 7.03. The molecular weight excluding hydrogens is 600 g/mol. The topological polar surface area (TPSA) is 67.2 Å². The van der Waals surface area contributed by atoms with Crippen molar-refractivity contribution in [2.45, 2.75) is 51.5 Å². The highest BCUT2D eigenvalue weighted by Gasteiger charge is 2.35. The van der Waals surface area contributed by atoms with Gasteiger partial charge in [0.1, 0.15) is 12.3 Å². The molecule has 1 aromatic heterocycles. The molecule has 1 saturated heterocycles. The summed E-state index contributed by atoms with van der Waals surface area (Å²) in [7, 11) is 0. The third kappa shape index (κ3) is 6.88. The Bertz CT molecular complexity index is 1780. The summed E-state index contributed by atoms with van der Waals surface area (Å²) in [6, 6.07) is 21.9. The first-order chi connectivity index (χ1) is 22.9. The third-order valence-corrected chi connectivity index (χ3v) is 9.45. The molecule has 1 N–H and O–H groups in total. The van der Waals surface area contributed by atoms with Crippen LogP contribution in [0.4, 0.5) is 8.78 Å². The second-order valence-corrected chi connectivity index (χ2v) is 12.8. The molecule has 4 aromatic rings. The molecule has 1 fully saturated rings. The van der Waals surface area contributed by atoms with Gasteiger partial charge in [0.2, 0.25) is 5.43 Å². The van der Waals surface area contributed by atoms with E-state index < -0.39 is 17.9 Å². The lowest BCUT2D eigenvalue weighted by molar-refractivity contribution is -0.0375. The molecule has 47 heavy (non-hydrogen) atoms. The lowest BCUT2D eigenvalue weighted by Crippen LogP contribution is -2.53. The number of nitrogens with zero attached hydrogens (tertiary/aromatic N) is 3. The average Bonchev–Trinajstić information content (AvgIpc) is 3.26. The Morgan fingerprint density at radius 1 is 0.936 bits per heavy atom. The molecule has 0 saturated carbocycles. The van der Waals surface area contributed by atoms with Gasteiger partial charge in [-0.2, -0.15) is 0 Å². The maximum absolute atomic E-state index is 13.9. The van der Waals surface area contributed by atoms with E-state index in [4.69, 9.17) is 9.47 Å². The van der Waals surface area contributed by atoms with Gasteiger partial charge in [0.15, 0.2) is 23.6 Å². The summed E-state index contributed by atoms with van der Waals surface area (Å²) in [6.07, 6.45) is 6.83. The number of allylic oxidation sites excluding steroid dienone is 1. The molecule has 2 aliphatic heterocycles. The van der Waals surface area contributed by atoms with Crippen molar-refractivity contribution in [3.8, 4) is 5.75 Å². The zero-order chi connectivity index (χ0) is 32.3. The number of hydrogen-bond acceptors (Lipinski definition) is 6. The molecule has 3 aromatic carbocycles. The van der Waals surface area contributed by atoms with E-state index in [0.29, 0.717) is 50.8 Å². The number of rotatable bonds is 8. The highest BCUT2D eigenvalue weighted by molar-refractivity contribution is 5.61. The molecule has 3 aliphatic rings.